The van der Waals surface area contributed by atoms with E-state index < -0.39 is 11.9 Å². The SMILES string of the molecule is Cc1ccccc1OC(=O)C(=O)Oc1ccccc1. The highest BCUT2D eigenvalue weighted by Crippen LogP contribution is 2.16. The molecule has 0 saturated heterocycles. The minimum absolute atomic E-state index is 0.300. The Morgan fingerprint density at radius 1 is 0.789 bits per heavy atom. The third-order valence-corrected chi connectivity index (χ3v) is 2.42. The molecular weight excluding hydrogens is 244 g/mol. The molecule has 0 amide bonds. The summed E-state index contributed by atoms with van der Waals surface area (Å²) < 4.78 is 9.84. The number of carbonyl (C=O) groups is 2. The van der Waals surface area contributed by atoms with Crippen molar-refractivity contribution in [3.63, 3.8) is 0 Å². The number of para-hydroxylation sites is 2. The Morgan fingerprint density at radius 3 is 2.05 bits per heavy atom. The van der Waals surface area contributed by atoms with Crippen molar-refractivity contribution in [3.05, 3.63) is 60.2 Å². The van der Waals surface area contributed by atoms with Crippen molar-refractivity contribution in [2.24, 2.45) is 0 Å². The van der Waals surface area contributed by atoms with Gasteiger partial charge in [-0.1, -0.05) is 36.4 Å². The second-order valence-corrected chi connectivity index (χ2v) is 3.86. The topological polar surface area (TPSA) is 52.6 Å². The van der Waals surface area contributed by atoms with Gasteiger partial charge in [-0.3, -0.25) is 0 Å². The molecule has 0 atom stereocenters. The van der Waals surface area contributed by atoms with E-state index in [-0.39, 0.29) is 0 Å². The van der Waals surface area contributed by atoms with Crippen molar-refractivity contribution in [3.8, 4) is 11.5 Å². The fourth-order valence-electron chi connectivity index (χ4n) is 1.45. The number of ether oxygens (including phenoxy) is 2. The van der Waals surface area contributed by atoms with E-state index in [0.29, 0.717) is 11.5 Å². The zero-order valence-corrected chi connectivity index (χ0v) is 10.3. The molecule has 19 heavy (non-hydrogen) atoms. The van der Waals surface area contributed by atoms with Crippen LogP contribution >= 0.6 is 0 Å². The number of esters is 2. The van der Waals surface area contributed by atoms with Crippen LogP contribution in [0.1, 0.15) is 5.56 Å². The predicted molar refractivity (Wildman–Crippen MR) is 68.9 cm³/mol. The van der Waals surface area contributed by atoms with Crippen molar-refractivity contribution in [1.82, 2.24) is 0 Å². The zero-order chi connectivity index (χ0) is 13.7. The molecule has 0 aliphatic rings. The van der Waals surface area contributed by atoms with Gasteiger partial charge in [-0.05, 0) is 30.7 Å². The van der Waals surface area contributed by atoms with Crippen LogP contribution in [0.3, 0.4) is 0 Å². The fourth-order valence-corrected chi connectivity index (χ4v) is 1.45. The van der Waals surface area contributed by atoms with Gasteiger partial charge in [0.25, 0.3) is 0 Å². The monoisotopic (exact) mass is 256 g/mol. The van der Waals surface area contributed by atoms with Crippen LogP contribution in [0.4, 0.5) is 0 Å². The molecule has 0 radical (unpaired) electrons. The molecule has 0 aromatic heterocycles. The standard InChI is InChI=1S/C15H12O4/c1-11-7-5-6-10-13(11)19-15(17)14(16)18-12-8-3-2-4-9-12/h2-10H,1H3. The molecule has 2 rings (SSSR count). The van der Waals surface area contributed by atoms with Gasteiger partial charge >= 0.3 is 11.9 Å². The maximum atomic E-state index is 11.6. The highest BCUT2D eigenvalue weighted by molar-refractivity contribution is 6.31. The first-order valence-corrected chi connectivity index (χ1v) is 5.71. The first-order valence-electron chi connectivity index (χ1n) is 5.71. The minimum Gasteiger partial charge on any atom is -0.418 e. The summed E-state index contributed by atoms with van der Waals surface area (Å²) in [4.78, 5) is 23.1. The molecule has 0 unspecified atom stereocenters. The maximum Gasteiger partial charge on any atom is 0.423 e. The van der Waals surface area contributed by atoms with Gasteiger partial charge < -0.3 is 9.47 Å². The Morgan fingerprint density at radius 2 is 1.37 bits per heavy atom. The number of hydrogen-bond acceptors (Lipinski definition) is 4. The Labute approximate surface area is 110 Å². The van der Waals surface area contributed by atoms with Crippen LogP contribution < -0.4 is 9.47 Å². The average Bonchev–Trinajstić information content (AvgIpc) is 2.42. The van der Waals surface area contributed by atoms with E-state index in [2.05, 4.69) is 0 Å². The van der Waals surface area contributed by atoms with Gasteiger partial charge in [0, 0.05) is 0 Å². The van der Waals surface area contributed by atoms with Gasteiger partial charge in [-0.15, -0.1) is 0 Å². The molecular formula is C15H12O4. The molecule has 0 aliphatic carbocycles. The second kappa shape index (κ2) is 5.82. The predicted octanol–water partition coefficient (Wildman–Crippen LogP) is 2.51. The van der Waals surface area contributed by atoms with Crippen LogP contribution in [-0.4, -0.2) is 11.9 Å². The number of rotatable bonds is 2. The van der Waals surface area contributed by atoms with E-state index in [0.717, 1.165) is 5.56 Å². The lowest BCUT2D eigenvalue weighted by Gasteiger charge is -2.06. The zero-order valence-electron chi connectivity index (χ0n) is 10.3. The van der Waals surface area contributed by atoms with Gasteiger partial charge in [-0.25, -0.2) is 9.59 Å². The van der Waals surface area contributed by atoms with Crippen LogP contribution in [0.2, 0.25) is 0 Å². The van der Waals surface area contributed by atoms with Crippen LogP contribution in [0, 0.1) is 6.92 Å². The van der Waals surface area contributed by atoms with Gasteiger partial charge in [0.05, 0.1) is 0 Å². The third kappa shape index (κ3) is 3.42. The maximum absolute atomic E-state index is 11.6. The lowest BCUT2D eigenvalue weighted by molar-refractivity contribution is -0.156. The molecule has 0 aliphatic heterocycles. The number of hydrogen-bond donors (Lipinski definition) is 0. The third-order valence-electron chi connectivity index (χ3n) is 2.42. The fraction of sp³-hybridized carbons (Fsp3) is 0.0667. The number of carbonyl (C=O) groups excluding carboxylic acids is 2. The summed E-state index contributed by atoms with van der Waals surface area (Å²) in [6.45, 7) is 1.78. The summed E-state index contributed by atoms with van der Waals surface area (Å²) in [5.41, 5.74) is 0.767. The van der Waals surface area contributed by atoms with Crippen molar-refractivity contribution in [2.75, 3.05) is 0 Å². The molecule has 96 valence electrons. The van der Waals surface area contributed by atoms with Gasteiger partial charge in [0.2, 0.25) is 0 Å². The highest BCUT2D eigenvalue weighted by atomic mass is 16.6. The van der Waals surface area contributed by atoms with Gasteiger partial charge in [-0.2, -0.15) is 0 Å². The summed E-state index contributed by atoms with van der Waals surface area (Å²) in [6.07, 6.45) is 0. The van der Waals surface area contributed by atoms with Gasteiger partial charge in [0.15, 0.2) is 0 Å². The summed E-state index contributed by atoms with van der Waals surface area (Å²) in [5, 5.41) is 0. The Hall–Kier alpha value is -2.62. The summed E-state index contributed by atoms with van der Waals surface area (Å²) >= 11 is 0. The molecule has 0 fully saturated rings. The first-order chi connectivity index (χ1) is 9.16. The molecule has 0 heterocycles. The van der Waals surface area contributed by atoms with Crippen molar-refractivity contribution in [2.45, 2.75) is 6.92 Å². The molecule has 2 aromatic carbocycles. The molecule has 2 aromatic rings. The number of aryl methyl sites for hydroxylation is 1. The van der Waals surface area contributed by atoms with Crippen LogP contribution in [-0.2, 0) is 9.59 Å². The molecule has 4 heteroatoms. The van der Waals surface area contributed by atoms with E-state index in [4.69, 9.17) is 9.47 Å². The summed E-state index contributed by atoms with van der Waals surface area (Å²) in [7, 11) is 0. The van der Waals surface area contributed by atoms with Crippen LogP contribution in [0.5, 0.6) is 11.5 Å². The molecule has 0 spiro atoms. The van der Waals surface area contributed by atoms with Gasteiger partial charge in [0.1, 0.15) is 11.5 Å². The Balaban J connectivity index is 2.01. The first kappa shape index (κ1) is 12.8. The smallest absolute Gasteiger partial charge is 0.418 e. The molecule has 0 bridgehead atoms. The minimum atomic E-state index is -1.05. The van der Waals surface area contributed by atoms with Crippen molar-refractivity contribution >= 4 is 11.9 Å². The average molecular weight is 256 g/mol. The molecule has 0 saturated carbocycles. The van der Waals surface area contributed by atoms with E-state index in [9.17, 15) is 9.59 Å². The van der Waals surface area contributed by atoms with Crippen LogP contribution in [0.15, 0.2) is 54.6 Å². The van der Waals surface area contributed by atoms with E-state index in [1.807, 2.05) is 6.07 Å². The quantitative estimate of drug-likeness (QED) is 0.470. The Kier molecular flexibility index (Phi) is 3.93. The van der Waals surface area contributed by atoms with Crippen molar-refractivity contribution in [1.29, 1.82) is 0 Å². The molecule has 0 N–H and O–H groups in total. The lowest BCUT2D eigenvalue weighted by Crippen LogP contribution is -2.25. The lowest BCUT2D eigenvalue weighted by atomic mass is 10.2. The summed E-state index contributed by atoms with van der Waals surface area (Å²) in [6, 6.07) is 15.3. The van der Waals surface area contributed by atoms with Crippen molar-refractivity contribution < 1.29 is 19.1 Å². The largest absolute Gasteiger partial charge is 0.423 e. The van der Waals surface area contributed by atoms with E-state index in [1.165, 1.54) is 0 Å². The Bertz CT molecular complexity index is 590. The molecule has 4 nitrogen and oxygen atoms in total. The number of benzene rings is 2. The van der Waals surface area contributed by atoms with Crippen LogP contribution in [0.25, 0.3) is 0 Å². The normalized spacial score (nSPS) is 9.74. The highest BCUT2D eigenvalue weighted by Gasteiger charge is 2.19. The van der Waals surface area contributed by atoms with E-state index >= 15 is 0 Å². The van der Waals surface area contributed by atoms with E-state index in [1.54, 1.807) is 55.5 Å². The summed E-state index contributed by atoms with van der Waals surface area (Å²) in [5.74, 6) is -1.45. The second-order valence-electron chi connectivity index (χ2n) is 3.86.